The minimum Gasteiger partial charge on any atom is -0.497 e. The highest BCUT2D eigenvalue weighted by Crippen LogP contribution is 2.25. The van der Waals surface area contributed by atoms with Crippen LogP contribution in [0.2, 0.25) is 0 Å². The van der Waals surface area contributed by atoms with Crippen molar-refractivity contribution in [3.63, 3.8) is 0 Å². The molecule has 0 aromatic heterocycles. The van der Waals surface area contributed by atoms with Crippen molar-refractivity contribution in [2.75, 3.05) is 13.7 Å². The summed E-state index contributed by atoms with van der Waals surface area (Å²) >= 11 is 0. The lowest BCUT2D eigenvalue weighted by atomic mass is 10.1. The molecular formula is C20H25F2IN4O3. The van der Waals surface area contributed by atoms with Gasteiger partial charge >= 0.3 is 6.61 Å². The maximum absolute atomic E-state index is 12.7. The first kappa shape index (κ1) is 25.4. The monoisotopic (exact) mass is 534 g/mol. The summed E-state index contributed by atoms with van der Waals surface area (Å²) in [4.78, 5) is 15.8. The molecule has 10 heteroatoms. The van der Waals surface area contributed by atoms with E-state index in [-0.39, 0.29) is 36.3 Å². The third-order valence-corrected chi connectivity index (χ3v) is 3.91. The van der Waals surface area contributed by atoms with Crippen LogP contribution >= 0.6 is 24.0 Å². The summed E-state index contributed by atoms with van der Waals surface area (Å²) in [5.74, 6) is 0.542. The quantitative estimate of drug-likeness (QED) is 0.261. The van der Waals surface area contributed by atoms with Crippen molar-refractivity contribution in [1.82, 2.24) is 10.6 Å². The molecule has 0 fully saturated rings. The number of ether oxygens (including phenoxy) is 2. The summed E-state index contributed by atoms with van der Waals surface area (Å²) in [5, 5.41) is 6.15. The van der Waals surface area contributed by atoms with Crippen LogP contribution in [0.1, 0.15) is 28.4 Å². The summed E-state index contributed by atoms with van der Waals surface area (Å²) in [6.07, 6.45) is 0. The molecule has 0 heterocycles. The molecule has 0 aliphatic rings. The Morgan fingerprint density at radius 3 is 2.60 bits per heavy atom. The molecule has 0 atom stereocenters. The van der Waals surface area contributed by atoms with E-state index in [1.165, 1.54) is 13.2 Å². The zero-order valence-corrected chi connectivity index (χ0v) is 19.0. The molecule has 0 radical (unpaired) electrons. The van der Waals surface area contributed by atoms with Gasteiger partial charge in [-0.3, -0.25) is 4.79 Å². The number of primary amides is 1. The van der Waals surface area contributed by atoms with Gasteiger partial charge in [0.25, 0.3) is 0 Å². The summed E-state index contributed by atoms with van der Waals surface area (Å²) in [6.45, 7) is 0.0658. The summed E-state index contributed by atoms with van der Waals surface area (Å²) in [7, 11) is 1.49. The molecule has 0 saturated heterocycles. The van der Waals surface area contributed by atoms with Gasteiger partial charge in [-0.1, -0.05) is 12.1 Å². The maximum atomic E-state index is 12.7. The van der Waals surface area contributed by atoms with Crippen LogP contribution in [0.3, 0.4) is 0 Å². The number of carbonyl (C=O) groups excluding carboxylic acids is 1. The number of aliphatic imine (C=N–C) groups is 1. The van der Waals surface area contributed by atoms with E-state index in [0.29, 0.717) is 35.9 Å². The fraction of sp³-hybridized carbons (Fsp3) is 0.300. The highest BCUT2D eigenvalue weighted by atomic mass is 127. The molecule has 0 saturated carbocycles. The molecule has 0 aliphatic heterocycles. The van der Waals surface area contributed by atoms with Gasteiger partial charge in [-0.2, -0.15) is 8.78 Å². The molecule has 4 N–H and O–H groups in total. The first-order valence-electron chi connectivity index (χ1n) is 8.95. The van der Waals surface area contributed by atoms with Gasteiger partial charge in [0.15, 0.2) is 5.96 Å². The van der Waals surface area contributed by atoms with Crippen LogP contribution in [-0.2, 0) is 13.1 Å². The minimum atomic E-state index is -2.93. The van der Waals surface area contributed by atoms with E-state index >= 15 is 0 Å². The number of hydrogen-bond acceptors (Lipinski definition) is 4. The second-order valence-electron chi connectivity index (χ2n) is 5.97. The highest BCUT2D eigenvalue weighted by Gasteiger charge is 2.12. The topological polar surface area (TPSA) is 98.0 Å². The molecule has 1 amide bonds. The van der Waals surface area contributed by atoms with Crippen LogP contribution in [0.5, 0.6) is 11.5 Å². The van der Waals surface area contributed by atoms with Crippen molar-refractivity contribution in [3.05, 3.63) is 59.2 Å². The lowest BCUT2D eigenvalue weighted by Gasteiger charge is -2.15. The number of guanidine groups is 1. The molecule has 0 bridgehead atoms. The van der Waals surface area contributed by atoms with E-state index in [4.69, 9.17) is 10.5 Å². The third kappa shape index (κ3) is 8.01. The van der Waals surface area contributed by atoms with Crippen molar-refractivity contribution in [3.8, 4) is 11.5 Å². The Hall–Kier alpha value is -2.63. The molecule has 164 valence electrons. The minimum absolute atomic E-state index is 0. The highest BCUT2D eigenvalue weighted by molar-refractivity contribution is 14.0. The van der Waals surface area contributed by atoms with E-state index in [1.54, 1.807) is 30.3 Å². The number of hydrogen-bond donors (Lipinski definition) is 3. The van der Waals surface area contributed by atoms with Gasteiger partial charge in [-0.15, -0.1) is 24.0 Å². The average molecular weight is 534 g/mol. The van der Waals surface area contributed by atoms with E-state index in [2.05, 4.69) is 20.4 Å². The van der Waals surface area contributed by atoms with Gasteiger partial charge in [-0.05, 0) is 42.8 Å². The van der Waals surface area contributed by atoms with Crippen LogP contribution in [0, 0.1) is 0 Å². The number of amides is 1. The Labute approximate surface area is 191 Å². The van der Waals surface area contributed by atoms with Crippen molar-refractivity contribution < 1.29 is 23.0 Å². The van der Waals surface area contributed by atoms with E-state index in [9.17, 15) is 13.6 Å². The molecule has 2 rings (SSSR count). The van der Waals surface area contributed by atoms with E-state index in [0.717, 1.165) is 5.56 Å². The number of nitrogens with one attached hydrogen (secondary N) is 2. The van der Waals surface area contributed by atoms with Crippen LogP contribution in [0.15, 0.2) is 47.5 Å². The average Bonchev–Trinajstić information content (AvgIpc) is 2.70. The van der Waals surface area contributed by atoms with Crippen LogP contribution in [0.4, 0.5) is 8.78 Å². The number of methoxy groups -OCH3 is 1. The number of rotatable bonds is 9. The zero-order valence-electron chi connectivity index (χ0n) is 16.7. The molecule has 7 nitrogen and oxygen atoms in total. The molecular weight excluding hydrogens is 509 g/mol. The molecule has 0 spiro atoms. The van der Waals surface area contributed by atoms with Crippen LogP contribution in [-0.4, -0.2) is 32.1 Å². The Balaban J connectivity index is 0.00000450. The van der Waals surface area contributed by atoms with Crippen molar-refractivity contribution >= 4 is 35.8 Å². The van der Waals surface area contributed by atoms with Gasteiger partial charge in [0.2, 0.25) is 5.91 Å². The molecule has 0 aliphatic carbocycles. The second-order valence-corrected chi connectivity index (χ2v) is 5.97. The summed E-state index contributed by atoms with van der Waals surface area (Å²) < 4.78 is 35.0. The SMILES string of the molecule is CCNC(=NCc1cccc(C(N)=O)c1)NCc1cc(OC)ccc1OC(F)F.I. The maximum Gasteiger partial charge on any atom is 0.387 e. The number of halogens is 3. The number of carbonyl (C=O) groups is 1. The first-order chi connectivity index (χ1) is 13.9. The Kier molecular flexibility index (Phi) is 10.9. The molecule has 2 aromatic rings. The van der Waals surface area contributed by atoms with E-state index in [1.807, 2.05) is 13.0 Å². The second kappa shape index (κ2) is 12.8. The third-order valence-electron chi connectivity index (χ3n) is 3.91. The normalized spacial score (nSPS) is 10.9. The molecule has 0 unspecified atom stereocenters. The summed E-state index contributed by atoms with van der Waals surface area (Å²) in [5.41, 5.74) is 7.00. The van der Waals surface area contributed by atoms with E-state index < -0.39 is 12.5 Å². The van der Waals surface area contributed by atoms with Crippen LogP contribution < -0.4 is 25.8 Å². The van der Waals surface area contributed by atoms with Crippen molar-refractivity contribution in [2.24, 2.45) is 10.7 Å². The predicted molar refractivity (Wildman–Crippen MR) is 122 cm³/mol. The van der Waals surface area contributed by atoms with Gasteiger partial charge in [-0.25, -0.2) is 4.99 Å². The van der Waals surface area contributed by atoms with Crippen molar-refractivity contribution in [2.45, 2.75) is 26.6 Å². The van der Waals surface area contributed by atoms with Gasteiger partial charge in [0.05, 0.1) is 13.7 Å². The Morgan fingerprint density at radius 2 is 1.97 bits per heavy atom. The molecule has 30 heavy (non-hydrogen) atoms. The zero-order chi connectivity index (χ0) is 21.2. The number of nitrogens with two attached hydrogens (primary N) is 1. The fourth-order valence-corrected chi connectivity index (χ4v) is 2.55. The number of nitrogens with zero attached hydrogens (tertiary/aromatic N) is 1. The van der Waals surface area contributed by atoms with Gasteiger partial charge in [0, 0.05) is 24.2 Å². The molecule has 2 aromatic carbocycles. The largest absolute Gasteiger partial charge is 0.497 e. The predicted octanol–water partition coefficient (Wildman–Crippen LogP) is 3.27. The lowest BCUT2D eigenvalue weighted by molar-refractivity contribution is -0.0505. The fourth-order valence-electron chi connectivity index (χ4n) is 2.55. The summed E-state index contributed by atoms with van der Waals surface area (Å²) in [6, 6.07) is 11.5. The standard InChI is InChI=1S/C20H24F2N4O3.HI/c1-3-24-20(25-11-13-5-4-6-14(9-13)18(23)27)26-12-15-10-16(28-2)7-8-17(15)29-19(21)22;/h4-10,19H,3,11-12H2,1-2H3,(H2,23,27)(H2,24,25,26);1H. The van der Waals surface area contributed by atoms with Gasteiger partial charge in [0.1, 0.15) is 11.5 Å². The smallest absolute Gasteiger partial charge is 0.387 e. The lowest BCUT2D eigenvalue weighted by Crippen LogP contribution is -2.36. The number of alkyl halides is 2. The first-order valence-corrected chi connectivity index (χ1v) is 8.95. The van der Waals surface area contributed by atoms with Gasteiger partial charge < -0.3 is 25.8 Å². The van der Waals surface area contributed by atoms with Crippen LogP contribution in [0.25, 0.3) is 0 Å². The Morgan fingerprint density at radius 1 is 1.20 bits per heavy atom. The Bertz CT molecular complexity index is 866. The van der Waals surface area contributed by atoms with Crippen molar-refractivity contribution in [1.29, 1.82) is 0 Å². The number of benzene rings is 2.